The third kappa shape index (κ3) is 10.9. The molecule has 1 atom stereocenters. The van der Waals surface area contributed by atoms with E-state index < -0.39 is 5.97 Å². The van der Waals surface area contributed by atoms with E-state index in [-0.39, 0.29) is 71.4 Å². The van der Waals surface area contributed by atoms with Crippen molar-refractivity contribution >= 4 is 42.8 Å². The molecule has 0 bridgehead atoms. The number of unbranched alkanes of at least 4 members (excludes halogenated alkanes) is 1. The van der Waals surface area contributed by atoms with Gasteiger partial charge in [-0.2, -0.15) is 11.0 Å². The van der Waals surface area contributed by atoms with Gasteiger partial charge in [-0.25, -0.2) is 0 Å². The minimum atomic E-state index is -1.30. The summed E-state index contributed by atoms with van der Waals surface area (Å²) in [4.78, 5) is 22.7. The summed E-state index contributed by atoms with van der Waals surface area (Å²) in [6.45, 7) is 0. The molecule has 1 aromatic rings. The second-order valence-corrected chi connectivity index (χ2v) is 5.82. The first-order chi connectivity index (χ1) is 10.0. The fourth-order valence-corrected chi connectivity index (χ4v) is 2.63. The monoisotopic (exact) mass is 411 g/mol. The van der Waals surface area contributed by atoms with Crippen LogP contribution in [0.15, 0.2) is 24.3 Å². The molecule has 8 heteroatoms. The summed E-state index contributed by atoms with van der Waals surface area (Å²) in [5.41, 5.74) is 0.261. The van der Waals surface area contributed by atoms with Gasteiger partial charge in [0.2, 0.25) is 5.91 Å². The average Bonchev–Trinajstić information content (AvgIpc) is 2.44. The summed E-state index contributed by atoms with van der Waals surface area (Å²) in [7, 11) is 0. The first-order valence-corrected chi connectivity index (χ1v) is 7.93. The van der Waals surface area contributed by atoms with Crippen molar-refractivity contribution in [3.63, 3.8) is 0 Å². The van der Waals surface area contributed by atoms with Crippen LogP contribution in [0.2, 0.25) is 0 Å². The molecule has 0 saturated heterocycles. The Bertz CT molecular complexity index is 492. The van der Waals surface area contributed by atoms with E-state index in [0.29, 0.717) is 12.2 Å². The molecule has 0 aromatic heterocycles. The van der Waals surface area contributed by atoms with Crippen molar-refractivity contribution in [3.05, 3.63) is 29.8 Å². The van der Waals surface area contributed by atoms with Crippen LogP contribution in [0.4, 0.5) is 5.69 Å². The normalized spacial score (nSPS) is 10.9. The first kappa shape index (κ1) is 25.7. The van der Waals surface area contributed by atoms with Crippen LogP contribution in [0.5, 0.6) is 0 Å². The van der Waals surface area contributed by atoms with Crippen LogP contribution in [0.25, 0.3) is 0 Å². The molecule has 4 nitrogen and oxygen atoms in total. The molecule has 1 amide bonds. The SMILES string of the molecule is O=C(CCCCC([S-])CC[S-])Nc1ccccc1C(=O)[O-].[Na+].[Zn+2]. The summed E-state index contributed by atoms with van der Waals surface area (Å²) >= 11 is 10.1. The van der Waals surface area contributed by atoms with Gasteiger partial charge < -0.3 is 40.5 Å². The van der Waals surface area contributed by atoms with Gasteiger partial charge in [0.25, 0.3) is 0 Å². The fourth-order valence-electron chi connectivity index (χ4n) is 1.92. The summed E-state index contributed by atoms with van der Waals surface area (Å²) in [5.74, 6) is -0.828. The molecule has 1 aromatic carbocycles. The summed E-state index contributed by atoms with van der Waals surface area (Å²) in [6.07, 6.45) is 3.69. The number of carbonyl (C=O) groups excluding carboxylic acids is 2. The van der Waals surface area contributed by atoms with Crippen molar-refractivity contribution in [3.8, 4) is 0 Å². The van der Waals surface area contributed by atoms with Crippen molar-refractivity contribution in [2.45, 2.75) is 37.4 Å². The molecular formula is C15H18NNaO3S2Zn. The predicted octanol–water partition coefficient (Wildman–Crippen LogP) is -1.60. The number of hydrogen-bond donors (Lipinski definition) is 1. The average molecular weight is 413 g/mol. The van der Waals surface area contributed by atoms with Gasteiger partial charge in [0.1, 0.15) is 0 Å². The number of nitrogens with one attached hydrogen (secondary N) is 1. The number of amides is 1. The van der Waals surface area contributed by atoms with Crippen LogP contribution in [-0.2, 0) is 49.5 Å². The molecule has 0 aliphatic rings. The number of anilines is 1. The molecule has 1 rings (SSSR count). The zero-order valence-electron chi connectivity index (χ0n) is 13.4. The Balaban J connectivity index is 0. The molecule has 0 saturated carbocycles. The van der Waals surface area contributed by atoms with Crippen LogP contribution >= 0.6 is 0 Å². The summed E-state index contributed by atoms with van der Waals surface area (Å²) in [5, 5.41) is 13.7. The Morgan fingerprint density at radius 2 is 1.83 bits per heavy atom. The van der Waals surface area contributed by atoms with Crippen molar-refractivity contribution in [2.75, 3.05) is 11.1 Å². The van der Waals surface area contributed by atoms with Crippen molar-refractivity contribution in [1.82, 2.24) is 0 Å². The van der Waals surface area contributed by atoms with Crippen LogP contribution in [0.3, 0.4) is 0 Å². The number of aromatic carboxylic acids is 1. The van der Waals surface area contributed by atoms with Crippen LogP contribution in [-0.4, -0.2) is 22.9 Å². The standard InChI is InChI=1S/C15H21NO3S2.Na.Zn/c17-14(8-4-1-5-11(21)9-10-20)16-13-7-3-2-6-12(13)15(18)19;;/h2-3,6-7,11,20-21H,1,4-5,8-10H2,(H,16,17)(H,18,19);;/q;+1;+2/p-3. The van der Waals surface area contributed by atoms with E-state index in [2.05, 4.69) is 5.32 Å². The van der Waals surface area contributed by atoms with E-state index in [1.54, 1.807) is 18.2 Å². The van der Waals surface area contributed by atoms with Gasteiger partial charge in [0, 0.05) is 17.7 Å². The van der Waals surface area contributed by atoms with Gasteiger partial charge in [0.05, 0.1) is 5.97 Å². The Labute approximate surface area is 183 Å². The van der Waals surface area contributed by atoms with Gasteiger partial charge >= 0.3 is 49.0 Å². The van der Waals surface area contributed by atoms with Crippen LogP contribution in [0.1, 0.15) is 42.5 Å². The smallest absolute Gasteiger partial charge is 0.793 e. The molecule has 0 spiro atoms. The van der Waals surface area contributed by atoms with E-state index in [0.717, 1.165) is 25.7 Å². The molecule has 0 aliphatic carbocycles. The minimum absolute atomic E-state index is 0. The van der Waals surface area contributed by atoms with Crippen LogP contribution < -0.4 is 40.0 Å². The number of rotatable bonds is 9. The van der Waals surface area contributed by atoms with Crippen molar-refractivity contribution in [1.29, 1.82) is 0 Å². The molecule has 23 heavy (non-hydrogen) atoms. The second kappa shape index (κ2) is 14.8. The van der Waals surface area contributed by atoms with Gasteiger partial charge in [-0.05, 0) is 12.5 Å². The number of hydrogen-bond acceptors (Lipinski definition) is 5. The van der Waals surface area contributed by atoms with Crippen molar-refractivity contribution in [2.24, 2.45) is 0 Å². The van der Waals surface area contributed by atoms with Crippen LogP contribution in [0, 0.1) is 0 Å². The third-order valence-electron chi connectivity index (χ3n) is 3.04. The Hall–Kier alpha value is 0.483. The number of benzene rings is 1. The maximum atomic E-state index is 11.8. The van der Waals surface area contributed by atoms with Gasteiger partial charge in [-0.3, -0.25) is 4.79 Å². The Kier molecular flexibility index (Phi) is 16.5. The van der Waals surface area contributed by atoms with E-state index in [1.165, 1.54) is 6.07 Å². The largest absolute Gasteiger partial charge is 2.00 e. The Morgan fingerprint density at radius 3 is 2.43 bits per heavy atom. The predicted molar refractivity (Wildman–Crippen MR) is 85.9 cm³/mol. The number of para-hydroxylation sites is 1. The first-order valence-electron chi connectivity index (χ1n) is 6.88. The maximum absolute atomic E-state index is 11.8. The van der Waals surface area contributed by atoms with E-state index in [4.69, 9.17) is 25.3 Å². The quantitative estimate of drug-likeness (QED) is 0.301. The zero-order chi connectivity index (χ0) is 15.7. The molecule has 1 unspecified atom stereocenters. The summed E-state index contributed by atoms with van der Waals surface area (Å²) in [6, 6.07) is 6.20. The fraction of sp³-hybridized carbons (Fsp3) is 0.467. The number of carboxylic acid groups (broad SMARTS) is 1. The molecule has 0 heterocycles. The van der Waals surface area contributed by atoms with E-state index in [1.807, 2.05) is 0 Å². The Morgan fingerprint density at radius 1 is 1.17 bits per heavy atom. The maximum Gasteiger partial charge on any atom is 2.00 e. The molecular weight excluding hydrogens is 395 g/mol. The number of carbonyl (C=O) groups is 2. The van der Waals surface area contributed by atoms with Crippen molar-refractivity contribution < 1.29 is 63.7 Å². The molecule has 0 aliphatic heterocycles. The third-order valence-corrected chi connectivity index (χ3v) is 3.75. The van der Waals surface area contributed by atoms with E-state index in [9.17, 15) is 14.7 Å². The van der Waals surface area contributed by atoms with Gasteiger partial charge in [-0.15, -0.1) is 0 Å². The topological polar surface area (TPSA) is 69.2 Å². The second-order valence-electron chi connectivity index (χ2n) is 4.74. The van der Waals surface area contributed by atoms with E-state index >= 15 is 0 Å². The summed E-state index contributed by atoms with van der Waals surface area (Å²) < 4.78 is 0. The molecule has 116 valence electrons. The van der Waals surface area contributed by atoms with Gasteiger partial charge in [0.15, 0.2) is 0 Å². The minimum Gasteiger partial charge on any atom is -0.793 e. The van der Waals surface area contributed by atoms with Gasteiger partial charge in [-0.1, -0.05) is 37.5 Å². The zero-order valence-corrected chi connectivity index (χ0v) is 20.0. The molecule has 0 radical (unpaired) electrons. The molecule has 1 N–H and O–H groups in total. The number of carboxylic acids is 1. The molecule has 0 fully saturated rings.